The topological polar surface area (TPSA) is 60.8 Å². The number of methoxy groups -OCH3 is 2. The maximum absolute atomic E-state index is 13.6. The van der Waals surface area contributed by atoms with Crippen LogP contribution in [0.5, 0.6) is 5.75 Å². The minimum atomic E-state index is -0.596. The van der Waals surface area contributed by atoms with E-state index in [4.69, 9.17) is 32.7 Å². The third kappa shape index (κ3) is 4.47. The number of rotatable bonds is 5. The molecule has 1 aromatic heterocycles. The van der Waals surface area contributed by atoms with Gasteiger partial charge < -0.3 is 14.0 Å². The van der Waals surface area contributed by atoms with Crippen molar-refractivity contribution in [2.45, 2.75) is 20.8 Å². The number of anilines is 1. The van der Waals surface area contributed by atoms with Gasteiger partial charge in [-0.15, -0.1) is 0 Å². The molecular formula is C27H24Cl2N2O4. The fraction of sp³-hybridized carbons (Fsp3) is 0.185. The molecule has 35 heavy (non-hydrogen) atoms. The Morgan fingerprint density at radius 3 is 2.11 bits per heavy atom. The van der Waals surface area contributed by atoms with Crippen LogP contribution in [-0.2, 0) is 14.3 Å². The Bertz CT molecular complexity index is 1380. The normalized spacial score (nSPS) is 14.8. The summed E-state index contributed by atoms with van der Waals surface area (Å²) in [6.07, 6.45) is 1.73. The number of carbonyl (C=O) groups excluding carboxylic acids is 2. The smallest absolute Gasteiger partial charge is 0.340 e. The first-order valence-electron chi connectivity index (χ1n) is 10.8. The largest absolute Gasteiger partial charge is 0.497 e. The number of benzene rings is 2. The van der Waals surface area contributed by atoms with Gasteiger partial charge in [-0.05, 0) is 80.9 Å². The molecule has 0 unspecified atom stereocenters. The zero-order valence-electron chi connectivity index (χ0n) is 20.0. The summed E-state index contributed by atoms with van der Waals surface area (Å²) in [6.45, 7) is 5.64. The van der Waals surface area contributed by atoms with Crippen molar-refractivity contribution < 1.29 is 19.1 Å². The van der Waals surface area contributed by atoms with Crippen molar-refractivity contribution in [1.29, 1.82) is 0 Å². The van der Waals surface area contributed by atoms with Crippen LogP contribution >= 0.6 is 23.2 Å². The molecule has 8 heteroatoms. The summed E-state index contributed by atoms with van der Waals surface area (Å²) < 4.78 is 12.4. The van der Waals surface area contributed by atoms with Crippen LogP contribution in [0.3, 0.4) is 0 Å². The van der Waals surface area contributed by atoms with Crippen LogP contribution in [0.2, 0.25) is 10.0 Å². The van der Waals surface area contributed by atoms with E-state index in [0.29, 0.717) is 21.4 Å². The number of allylic oxidation sites excluding steroid dienone is 1. The van der Waals surface area contributed by atoms with Gasteiger partial charge in [0.2, 0.25) is 0 Å². The highest BCUT2D eigenvalue weighted by molar-refractivity contribution is 6.35. The van der Waals surface area contributed by atoms with Crippen LogP contribution in [0.15, 0.2) is 65.4 Å². The second kappa shape index (κ2) is 9.64. The molecule has 1 aliphatic rings. The lowest BCUT2D eigenvalue weighted by Crippen LogP contribution is -2.24. The van der Waals surface area contributed by atoms with Gasteiger partial charge in [-0.1, -0.05) is 23.2 Å². The molecule has 0 spiro atoms. The molecule has 0 saturated heterocycles. The number of aromatic nitrogens is 1. The summed E-state index contributed by atoms with van der Waals surface area (Å²) in [5.41, 5.74) is 5.00. The number of hydrogen-bond donors (Lipinski definition) is 0. The second-order valence-corrected chi connectivity index (χ2v) is 9.01. The van der Waals surface area contributed by atoms with Crippen LogP contribution in [0.25, 0.3) is 11.8 Å². The maximum atomic E-state index is 13.6. The molecule has 1 amide bonds. The van der Waals surface area contributed by atoms with E-state index in [1.807, 2.05) is 44.2 Å². The molecule has 6 nitrogen and oxygen atoms in total. The van der Waals surface area contributed by atoms with Gasteiger partial charge in [0.15, 0.2) is 0 Å². The number of amides is 1. The molecular weight excluding hydrogens is 487 g/mol. The lowest BCUT2D eigenvalue weighted by atomic mass is 10.0. The van der Waals surface area contributed by atoms with Gasteiger partial charge in [0.05, 0.1) is 31.1 Å². The van der Waals surface area contributed by atoms with Gasteiger partial charge in [-0.3, -0.25) is 9.69 Å². The zero-order valence-corrected chi connectivity index (χ0v) is 21.5. The van der Waals surface area contributed by atoms with E-state index in [1.165, 1.54) is 12.0 Å². The molecule has 0 saturated carbocycles. The standard InChI is InChI=1S/C27H24Cl2N2O4/c1-15-10-18(16(2)30(15)21-6-8-23(34-4)9-7-21)11-24-25(27(33)35-5)17(3)31(26(24)32)22-13-19(28)12-20(29)14-22/h6-14H,1-5H3/b24-11-. The maximum Gasteiger partial charge on any atom is 0.340 e. The van der Waals surface area contributed by atoms with Crippen molar-refractivity contribution in [3.8, 4) is 11.4 Å². The van der Waals surface area contributed by atoms with E-state index in [0.717, 1.165) is 28.4 Å². The van der Waals surface area contributed by atoms with Crippen molar-refractivity contribution in [2.24, 2.45) is 0 Å². The zero-order chi connectivity index (χ0) is 25.4. The summed E-state index contributed by atoms with van der Waals surface area (Å²) in [5, 5.41) is 0.765. The summed E-state index contributed by atoms with van der Waals surface area (Å²) >= 11 is 12.4. The molecule has 180 valence electrons. The van der Waals surface area contributed by atoms with Crippen molar-refractivity contribution in [3.05, 3.63) is 92.4 Å². The van der Waals surface area contributed by atoms with E-state index in [9.17, 15) is 9.59 Å². The van der Waals surface area contributed by atoms with Gasteiger partial charge in [0, 0.05) is 32.8 Å². The highest BCUT2D eigenvalue weighted by Gasteiger charge is 2.38. The molecule has 0 fully saturated rings. The van der Waals surface area contributed by atoms with E-state index >= 15 is 0 Å². The number of aryl methyl sites for hydroxylation is 1. The first-order valence-corrected chi connectivity index (χ1v) is 11.6. The Morgan fingerprint density at radius 2 is 1.54 bits per heavy atom. The number of hydrogen-bond acceptors (Lipinski definition) is 4. The molecule has 0 aliphatic carbocycles. The lowest BCUT2D eigenvalue weighted by Gasteiger charge is -2.18. The first-order chi connectivity index (χ1) is 16.7. The van der Waals surface area contributed by atoms with E-state index in [-0.39, 0.29) is 17.1 Å². The first kappa shape index (κ1) is 24.6. The fourth-order valence-electron chi connectivity index (χ4n) is 4.38. The fourth-order valence-corrected chi connectivity index (χ4v) is 4.89. The van der Waals surface area contributed by atoms with Crippen molar-refractivity contribution in [2.75, 3.05) is 19.1 Å². The SMILES string of the molecule is COC(=O)C1=C(C)N(c2cc(Cl)cc(Cl)c2)C(=O)/C1=C\c1cc(C)n(-c2ccc(OC)cc2)c1C. The minimum Gasteiger partial charge on any atom is -0.497 e. The van der Waals surface area contributed by atoms with Crippen molar-refractivity contribution in [3.63, 3.8) is 0 Å². The van der Waals surface area contributed by atoms with E-state index in [2.05, 4.69) is 4.57 Å². The molecule has 2 aromatic carbocycles. The van der Waals surface area contributed by atoms with E-state index < -0.39 is 5.97 Å². The molecule has 1 aliphatic heterocycles. The quantitative estimate of drug-likeness (QED) is 0.299. The lowest BCUT2D eigenvalue weighted by molar-refractivity contribution is -0.136. The minimum absolute atomic E-state index is 0.197. The number of nitrogens with zero attached hydrogens (tertiary/aromatic N) is 2. The third-order valence-corrected chi connectivity index (χ3v) is 6.43. The summed E-state index contributed by atoms with van der Waals surface area (Å²) in [6, 6.07) is 14.5. The number of halogens is 2. The molecule has 0 radical (unpaired) electrons. The Balaban J connectivity index is 1.84. The van der Waals surface area contributed by atoms with Gasteiger partial charge >= 0.3 is 5.97 Å². The molecule has 0 atom stereocenters. The predicted molar refractivity (Wildman–Crippen MR) is 138 cm³/mol. The Labute approximate surface area is 214 Å². The number of esters is 1. The molecule has 4 rings (SSSR count). The molecule has 3 aromatic rings. The second-order valence-electron chi connectivity index (χ2n) is 8.14. The summed E-state index contributed by atoms with van der Waals surface area (Å²) in [4.78, 5) is 27.8. The average Bonchev–Trinajstić information content (AvgIpc) is 3.24. The highest BCUT2D eigenvalue weighted by atomic mass is 35.5. The Hall–Kier alpha value is -3.48. The van der Waals surface area contributed by atoms with Crippen molar-refractivity contribution >= 4 is 46.8 Å². The predicted octanol–water partition coefficient (Wildman–Crippen LogP) is 6.29. The molecule has 0 bridgehead atoms. The number of carbonyl (C=O) groups is 2. The average molecular weight is 511 g/mol. The van der Waals surface area contributed by atoms with Gasteiger partial charge in [0.1, 0.15) is 5.75 Å². The number of ether oxygens (including phenoxy) is 2. The summed E-state index contributed by atoms with van der Waals surface area (Å²) in [7, 11) is 2.91. The van der Waals surface area contributed by atoms with Crippen LogP contribution in [0.1, 0.15) is 23.9 Å². The van der Waals surface area contributed by atoms with Crippen LogP contribution in [-0.4, -0.2) is 30.7 Å². The third-order valence-electron chi connectivity index (χ3n) is 6.00. The van der Waals surface area contributed by atoms with Crippen LogP contribution in [0, 0.1) is 13.8 Å². The molecule has 2 heterocycles. The summed E-state index contributed by atoms with van der Waals surface area (Å²) in [5.74, 6) is -0.197. The van der Waals surface area contributed by atoms with E-state index in [1.54, 1.807) is 38.3 Å². The highest BCUT2D eigenvalue weighted by Crippen LogP contribution is 2.38. The van der Waals surface area contributed by atoms with Gasteiger partial charge in [-0.2, -0.15) is 0 Å². The van der Waals surface area contributed by atoms with Gasteiger partial charge in [0.25, 0.3) is 5.91 Å². The van der Waals surface area contributed by atoms with Crippen LogP contribution in [0.4, 0.5) is 5.69 Å². The van der Waals surface area contributed by atoms with Crippen LogP contribution < -0.4 is 9.64 Å². The van der Waals surface area contributed by atoms with Gasteiger partial charge in [-0.25, -0.2) is 4.79 Å². The van der Waals surface area contributed by atoms with Crippen molar-refractivity contribution in [1.82, 2.24) is 4.57 Å². The Morgan fingerprint density at radius 1 is 0.914 bits per heavy atom. The monoisotopic (exact) mass is 510 g/mol. The Kier molecular flexibility index (Phi) is 6.79. The molecule has 0 N–H and O–H groups in total.